The standard InChI is InChI=1S/C17H25NO2/c1-3-13-9-11-14(12-10-13)17(2,16(19)20)18-15-7-5-4-6-8-15/h9-12,15,18H,3-8H2,1-2H3,(H,19,20). The van der Waals surface area contributed by atoms with Gasteiger partial charge in [0.1, 0.15) is 5.54 Å². The third kappa shape index (κ3) is 3.21. The van der Waals surface area contributed by atoms with Crippen LogP contribution >= 0.6 is 0 Å². The van der Waals surface area contributed by atoms with E-state index in [1.54, 1.807) is 6.92 Å². The van der Waals surface area contributed by atoms with E-state index in [1.807, 2.05) is 24.3 Å². The molecule has 1 fully saturated rings. The first-order valence-electron chi connectivity index (χ1n) is 7.66. The minimum Gasteiger partial charge on any atom is -0.480 e. The van der Waals surface area contributed by atoms with Gasteiger partial charge < -0.3 is 5.11 Å². The summed E-state index contributed by atoms with van der Waals surface area (Å²) >= 11 is 0. The van der Waals surface area contributed by atoms with Crippen molar-refractivity contribution in [2.24, 2.45) is 0 Å². The molecule has 1 aromatic rings. The average molecular weight is 275 g/mol. The van der Waals surface area contributed by atoms with Gasteiger partial charge in [0.05, 0.1) is 0 Å². The maximum atomic E-state index is 11.8. The fraction of sp³-hybridized carbons (Fsp3) is 0.588. The molecule has 0 bridgehead atoms. The molecular weight excluding hydrogens is 250 g/mol. The number of aliphatic carboxylic acids is 1. The highest BCUT2D eigenvalue weighted by Crippen LogP contribution is 2.26. The average Bonchev–Trinajstić information content (AvgIpc) is 2.48. The summed E-state index contributed by atoms with van der Waals surface area (Å²) in [7, 11) is 0. The third-order valence-corrected chi connectivity index (χ3v) is 4.47. The Labute approximate surface area is 121 Å². The van der Waals surface area contributed by atoms with Crippen LogP contribution in [0.2, 0.25) is 0 Å². The van der Waals surface area contributed by atoms with Crippen molar-refractivity contribution in [3.63, 3.8) is 0 Å². The maximum Gasteiger partial charge on any atom is 0.328 e. The van der Waals surface area contributed by atoms with Crippen LogP contribution in [0.15, 0.2) is 24.3 Å². The molecule has 1 atom stereocenters. The van der Waals surface area contributed by atoms with Crippen LogP contribution in [0.4, 0.5) is 0 Å². The molecule has 20 heavy (non-hydrogen) atoms. The number of nitrogens with one attached hydrogen (secondary N) is 1. The number of carbonyl (C=O) groups is 1. The number of hydrogen-bond donors (Lipinski definition) is 2. The second kappa shape index (κ2) is 6.40. The molecule has 0 radical (unpaired) electrons. The predicted molar refractivity (Wildman–Crippen MR) is 80.8 cm³/mol. The lowest BCUT2D eigenvalue weighted by Crippen LogP contribution is -2.51. The molecular formula is C17H25NO2. The second-order valence-corrected chi connectivity index (χ2v) is 5.96. The van der Waals surface area contributed by atoms with E-state index in [9.17, 15) is 9.90 Å². The van der Waals surface area contributed by atoms with E-state index >= 15 is 0 Å². The van der Waals surface area contributed by atoms with Crippen LogP contribution in [0.3, 0.4) is 0 Å². The third-order valence-electron chi connectivity index (χ3n) is 4.47. The molecule has 2 rings (SSSR count). The Hall–Kier alpha value is -1.35. The molecule has 1 aliphatic carbocycles. The van der Waals surface area contributed by atoms with E-state index in [0.29, 0.717) is 6.04 Å². The van der Waals surface area contributed by atoms with Crippen molar-refractivity contribution in [3.8, 4) is 0 Å². The number of carboxylic acids is 1. The second-order valence-electron chi connectivity index (χ2n) is 5.96. The van der Waals surface area contributed by atoms with Gasteiger partial charge in [-0.25, -0.2) is 4.79 Å². The van der Waals surface area contributed by atoms with Crippen molar-refractivity contribution < 1.29 is 9.90 Å². The number of benzene rings is 1. The predicted octanol–water partition coefficient (Wildman–Crippen LogP) is 3.47. The lowest BCUT2D eigenvalue weighted by Gasteiger charge is -2.34. The lowest BCUT2D eigenvalue weighted by atomic mass is 9.87. The van der Waals surface area contributed by atoms with Gasteiger partial charge in [0.15, 0.2) is 0 Å². The largest absolute Gasteiger partial charge is 0.480 e. The summed E-state index contributed by atoms with van der Waals surface area (Å²) in [5.41, 5.74) is 1.08. The number of hydrogen-bond acceptors (Lipinski definition) is 2. The van der Waals surface area contributed by atoms with E-state index in [-0.39, 0.29) is 0 Å². The Morgan fingerprint density at radius 2 is 1.85 bits per heavy atom. The van der Waals surface area contributed by atoms with Crippen molar-refractivity contribution >= 4 is 5.97 Å². The van der Waals surface area contributed by atoms with Crippen LogP contribution in [0, 0.1) is 0 Å². The van der Waals surface area contributed by atoms with Crippen LogP contribution in [-0.2, 0) is 16.8 Å². The van der Waals surface area contributed by atoms with Gasteiger partial charge in [0, 0.05) is 6.04 Å². The highest BCUT2D eigenvalue weighted by Gasteiger charge is 2.37. The Kier molecular flexibility index (Phi) is 4.81. The van der Waals surface area contributed by atoms with E-state index in [1.165, 1.54) is 24.8 Å². The molecule has 0 spiro atoms. The molecule has 0 aliphatic heterocycles. The van der Waals surface area contributed by atoms with Crippen molar-refractivity contribution in [1.82, 2.24) is 5.32 Å². The maximum absolute atomic E-state index is 11.8. The topological polar surface area (TPSA) is 49.3 Å². The summed E-state index contributed by atoms with van der Waals surface area (Å²) < 4.78 is 0. The van der Waals surface area contributed by atoms with Crippen LogP contribution in [-0.4, -0.2) is 17.1 Å². The molecule has 0 aromatic heterocycles. The van der Waals surface area contributed by atoms with Crippen molar-refractivity contribution in [3.05, 3.63) is 35.4 Å². The molecule has 0 amide bonds. The zero-order chi connectivity index (χ0) is 14.6. The molecule has 0 heterocycles. The Morgan fingerprint density at radius 3 is 2.35 bits per heavy atom. The molecule has 3 heteroatoms. The van der Waals surface area contributed by atoms with Crippen LogP contribution in [0.1, 0.15) is 57.1 Å². The van der Waals surface area contributed by atoms with E-state index < -0.39 is 11.5 Å². The van der Waals surface area contributed by atoms with Crippen molar-refractivity contribution in [2.75, 3.05) is 0 Å². The molecule has 110 valence electrons. The van der Waals surface area contributed by atoms with Crippen molar-refractivity contribution in [2.45, 2.75) is 64.0 Å². The van der Waals surface area contributed by atoms with E-state index in [0.717, 1.165) is 24.8 Å². The minimum absolute atomic E-state index is 0.315. The van der Waals surface area contributed by atoms with Gasteiger partial charge in [-0.2, -0.15) is 0 Å². The van der Waals surface area contributed by atoms with Crippen LogP contribution in [0.25, 0.3) is 0 Å². The number of aryl methyl sites for hydroxylation is 1. The Bertz CT molecular complexity index is 449. The first kappa shape index (κ1) is 15.0. The first-order chi connectivity index (χ1) is 9.56. The smallest absolute Gasteiger partial charge is 0.328 e. The minimum atomic E-state index is -0.992. The van der Waals surface area contributed by atoms with Gasteiger partial charge in [-0.1, -0.05) is 50.5 Å². The highest BCUT2D eigenvalue weighted by atomic mass is 16.4. The van der Waals surface area contributed by atoms with Crippen LogP contribution in [0.5, 0.6) is 0 Å². The zero-order valence-electron chi connectivity index (χ0n) is 12.5. The van der Waals surface area contributed by atoms with Gasteiger partial charge in [0.25, 0.3) is 0 Å². The summed E-state index contributed by atoms with van der Waals surface area (Å²) in [6, 6.07) is 8.26. The van der Waals surface area contributed by atoms with Gasteiger partial charge in [0.2, 0.25) is 0 Å². The van der Waals surface area contributed by atoms with Gasteiger partial charge in [-0.3, -0.25) is 5.32 Å². The van der Waals surface area contributed by atoms with E-state index in [4.69, 9.17) is 0 Å². The number of rotatable bonds is 5. The number of carboxylic acid groups (broad SMARTS) is 1. The Morgan fingerprint density at radius 1 is 1.25 bits per heavy atom. The van der Waals surface area contributed by atoms with E-state index in [2.05, 4.69) is 12.2 Å². The summed E-state index contributed by atoms with van der Waals surface area (Å²) in [5, 5.41) is 13.1. The lowest BCUT2D eigenvalue weighted by molar-refractivity contribution is -0.145. The highest BCUT2D eigenvalue weighted by molar-refractivity contribution is 5.80. The first-order valence-corrected chi connectivity index (χ1v) is 7.66. The molecule has 1 unspecified atom stereocenters. The quantitative estimate of drug-likeness (QED) is 0.865. The normalized spacial score (nSPS) is 19.5. The SMILES string of the molecule is CCc1ccc(C(C)(NC2CCCCC2)C(=O)O)cc1. The molecule has 3 nitrogen and oxygen atoms in total. The molecule has 2 N–H and O–H groups in total. The summed E-state index contributed by atoms with van der Waals surface area (Å²) in [4.78, 5) is 11.8. The van der Waals surface area contributed by atoms with Gasteiger partial charge >= 0.3 is 5.97 Å². The zero-order valence-corrected chi connectivity index (χ0v) is 12.5. The van der Waals surface area contributed by atoms with Crippen molar-refractivity contribution in [1.29, 1.82) is 0 Å². The fourth-order valence-corrected chi connectivity index (χ4v) is 3.00. The van der Waals surface area contributed by atoms with Crippen LogP contribution < -0.4 is 5.32 Å². The fourth-order valence-electron chi connectivity index (χ4n) is 3.00. The summed E-state index contributed by atoms with van der Waals surface area (Å²) in [6.45, 7) is 3.89. The monoisotopic (exact) mass is 275 g/mol. The molecule has 1 saturated carbocycles. The van der Waals surface area contributed by atoms with Gasteiger partial charge in [-0.15, -0.1) is 0 Å². The molecule has 0 saturated heterocycles. The van der Waals surface area contributed by atoms with Gasteiger partial charge in [-0.05, 0) is 37.3 Å². The summed E-state index contributed by atoms with van der Waals surface area (Å²) in [6.07, 6.45) is 6.80. The molecule has 1 aromatic carbocycles. The molecule has 1 aliphatic rings. The summed E-state index contributed by atoms with van der Waals surface area (Å²) in [5.74, 6) is -0.799. The Balaban J connectivity index is 2.20.